The van der Waals surface area contributed by atoms with Crippen LogP contribution in [0.2, 0.25) is 0 Å². The number of ether oxygens (including phenoxy) is 1. The second-order valence-electron chi connectivity index (χ2n) is 12.6. The van der Waals surface area contributed by atoms with Gasteiger partial charge in [-0.2, -0.15) is 0 Å². The lowest BCUT2D eigenvalue weighted by Gasteiger charge is -2.58. The number of terminal acetylenes is 1. The average Bonchev–Trinajstić information content (AvgIpc) is 3.14. The molecule has 8 atom stereocenters. The Morgan fingerprint density at radius 2 is 2.00 bits per heavy atom. The maximum Gasteiger partial charge on any atom is 0.384 e. The molecule has 2 nitrogen and oxygen atoms in total. The Morgan fingerprint density at radius 1 is 1.21 bits per heavy atom. The molecule has 3 saturated carbocycles. The third kappa shape index (κ3) is 4.47. The fourth-order valence-electron chi connectivity index (χ4n) is 8.90. The molecule has 0 saturated heterocycles. The molecule has 6 unspecified atom stereocenters. The fraction of sp³-hybridized carbons (Fsp3) is 0.774. The van der Waals surface area contributed by atoms with E-state index in [-0.39, 0.29) is 11.5 Å². The van der Waals surface area contributed by atoms with Gasteiger partial charge in [0.15, 0.2) is 0 Å². The monoisotopic (exact) mass is 450 g/mol. The van der Waals surface area contributed by atoms with Crippen molar-refractivity contribution < 1.29 is 9.53 Å². The van der Waals surface area contributed by atoms with E-state index in [0.717, 1.165) is 48.9 Å². The molecular formula is C31H46O2. The van der Waals surface area contributed by atoms with Crippen LogP contribution in [0.15, 0.2) is 24.3 Å². The van der Waals surface area contributed by atoms with Gasteiger partial charge in [0.25, 0.3) is 0 Å². The summed E-state index contributed by atoms with van der Waals surface area (Å²) in [5, 5.41) is 0. The van der Waals surface area contributed by atoms with Crippen molar-refractivity contribution in [2.24, 2.45) is 46.3 Å². The zero-order chi connectivity index (χ0) is 23.8. The van der Waals surface area contributed by atoms with Crippen LogP contribution in [0.4, 0.5) is 0 Å². The van der Waals surface area contributed by atoms with Crippen LogP contribution in [0.1, 0.15) is 98.3 Å². The van der Waals surface area contributed by atoms with Crippen LogP contribution in [-0.2, 0) is 9.53 Å². The lowest BCUT2D eigenvalue weighted by atomic mass is 9.47. The van der Waals surface area contributed by atoms with E-state index in [1.807, 2.05) is 0 Å². The number of hydrogen-bond acceptors (Lipinski definition) is 2. The summed E-state index contributed by atoms with van der Waals surface area (Å²) in [5.74, 6) is 6.34. The first-order chi connectivity index (χ1) is 15.7. The first kappa shape index (κ1) is 24.6. The van der Waals surface area contributed by atoms with Crippen LogP contribution in [-0.4, -0.2) is 12.1 Å². The van der Waals surface area contributed by atoms with Crippen molar-refractivity contribution in [2.45, 2.75) is 104 Å². The van der Waals surface area contributed by atoms with E-state index in [2.05, 4.69) is 52.3 Å². The van der Waals surface area contributed by atoms with Gasteiger partial charge in [0.2, 0.25) is 0 Å². The van der Waals surface area contributed by atoms with Crippen molar-refractivity contribution in [3.8, 4) is 12.3 Å². The first-order valence-electron chi connectivity index (χ1n) is 13.7. The second-order valence-corrected chi connectivity index (χ2v) is 12.6. The Labute approximate surface area is 203 Å². The van der Waals surface area contributed by atoms with Crippen molar-refractivity contribution in [1.82, 2.24) is 0 Å². The average molecular weight is 451 g/mol. The second kappa shape index (κ2) is 9.64. The zero-order valence-electron chi connectivity index (χ0n) is 21.6. The Balaban J connectivity index is 1.48. The molecule has 0 aromatic carbocycles. The topological polar surface area (TPSA) is 26.3 Å². The fourth-order valence-corrected chi connectivity index (χ4v) is 8.90. The van der Waals surface area contributed by atoms with Gasteiger partial charge in [-0.3, -0.25) is 0 Å². The number of fused-ring (bicyclic) bond motifs is 5. The summed E-state index contributed by atoms with van der Waals surface area (Å²) in [4.78, 5) is 11.6. The molecule has 0 heterocycles. The van der Waals surface area contributed by atoms with Crippen LogP contribution >= 0.6 is 0 Å². The highest BCUT2D eigenvalue weighted by molar-refractivity contribution is 5.87. The van der Waals surface area contributed by atoms with Crippen molar-refractivity contribution in [2.75, 3.05) is 0 Å². The summed E-state index contributed by atoms with van der Waals surface area (Å²) in [5.41, 5.74) is 2.29. The normalized spacial score (nSPS) is 40.6. The van der Waals surface area contributed by atoms with Crippen LogP contribution in [0.3, 0.4) is 0 Å². The molecule has 4 aliphatic carbocycles. The summed E-state index contributed by atoms with van der Waals surface area (Å²) in [7, 11) is 0. The molecule has 0 radical (unpaired) electrons. The van der Waals surface area contributed by atoms with E-state index >= 15 is 0 Å². The van der Waals surface area contributed by atoms with Crippen molar-refractivity contribution in [3.05, 3.63) is 24.3 Å². The molecule has 0 aromatic rings. The maximum absolute atomic E-state index is 11.6. The molecule has 0 bridgehead atoms. The Hall–Kier alpha value is -1.49. The largest absolute Gasteiger partial charge is 0.452 e. The minimum absolute atomic E-state index is 0.0340. The molecular weight excluding hydrogens is 404 g/mol. The number of allylic oxidation sites excluding steroid dienone is 2. The number of hydrogen-bond donors (Lipinski definition) is 0. The molecule has 0 aromatic heterocycles. The highest BCUT2D eigenvalue weighted by Gasteiger charge is 2.59. The SMILES string of the molecule is C#CC(=O)OC1CC[C@@]2(C)C(=CCC3C4CC[C@H](C(C=C)CCCC(C)C)C4(C)CCC32)C1. The van der Waals surface area contributed by atoms with E-state index in [0.29, 0.717) is 11.3 Å². The minimum atomic E-state index is -0.506. The highest BCUT2D eigenvalue weighted by Crippen LogP contribution is 2.67. The van der Waals surface area contributed by atoms with Gasteiger partial charge in [-0.05, 0) is 97.7 Å². The van der Waals surface area contributed by atoms with E-state index in [4.69, 9.17) is 11.2 Å². The number of rotatable bonds is 7. The molecule has 2 heteroatoms. The van der Waals surface area contributed by atoms with Gasteiger partial charge in [-0.15, -0.1) is 13.0 Å². The van der Waals surface area contributed by atoms with Gasteiger partial charge in [0.1, 0.15) is 6.10 Å². The van der Waals surface area contributed by atoms with Crippen LogP contribution in [0.5, 0.6) is 0 Å². The molecule has 4 rings (SSSR count). The molecule has 33 heavy (non-hydrogen) atoms. The standard InChI is InChI=1S/C31H46O2/c1-7-22(11-9-10-21(3)4)26-14-15-27-25-13-12-23-20-24(33-29(32)8-2)16-18-30(23,5)28(25)17-19-31(26,27)6/h2,7,12,21-22,24-28H,1,9-11,13-20H2,3-6H3/t22?,24?,25?,26-,27?,28?,30+,31?/m1/s1. The third-order valence-electron chi connectivity index (χ3n) is 10.7. The van der Waals surface area contributed by atoms with Crippen LogP contribution in [0, 0.1) is 58.7 Å². The van der Waals surface area contributed by atoms with E-state index in [1.54, 1.807) is 5.57 Å². The summed E-state index contributed by atoms with van der Waals surface area (Å²) in [6.45, 7) is 14.1. The molecule has 182 valence electrons. The smallest absolute Gasteiger partial charge is 0.384 e. The van der Waals surface area contributed by atoms with Crippen LogP contribution < -0.4 is 0 Å². The number of carbonyl (C=O) groups is 1. The van der Waals surface area contributed by atoms with Crippen molar-refractivity contribution in [1.29, 1.82) is 0 Å². The lowest BCUT2D eigenvalue weighted by molar-refractivity contribution is -0.144. The highest BCUT2D eigenvalue weighted by atomic mass is 16.5. The summed E-state index contributed by atoms with van der Waals surface area (Å²) < 4.78 is 5.53. The predicted molar refractivity (Wildman–Crippen MR) is 136 cm³/mol. The quantitative estimate of drug-likeness (QED) is 0.172. The van der Waals surface area contributed by atoms with Gasteiger partial charge in [0, 0.05) is 12.3 Å². The van der Waals surface area contributed by atoms with E-state index in [9.17, 15) is 4.79 Å². The zero-order valence-corrected chi connectivity index (χ0v) is 21.6. The Kier molecular flexibility index (Phi) is 7.19. The third-order valence-corrected chi connectivity index (χ3v) is 10.7. The molecule has 4 aliphatic rings. The van der Waals surface area contributed by atoms with Crippen molar-refractivity contribution >= 4 is 5.97 Å². The Bertz CT molecular complexity index is 815. The van der Waals surface area contributed by atoms with Gasteiger partial charge >= 0.3 is 5.97 Å². The number of carbonyl (C=O) groups excluding carboxylic acids is 1. The molecule has 0 N–H and O–H groups in total. The van der Waals surface area contributed by atoms with Gasteiger partial charge in [-0.1, -0.05) is 58.3 Å². The first-order valence-corrected chi connectivity index (χ1v) is 13.7. The molecule has 0 amide bonds. The van der Waals surface area contributed by atoms with Crippen LogP contribution in [0.25, 0.3) is 0 Å². The van der Waals surface area contributed by atoms with Gasteiger partial charge in [0.05, 0.1) is 0 Å². The summed E-state index contributed by atoms with van der Waals surface area (Å²) >= 11 is 0. The van der Waals surface area contributed by atoms with Gasteiger partial charge in [-0.25, -0.2) is 4.79 Å². The maximum atomic E-state index is 11.6. The van der Waals surface area contributed by atoms with E-state index < -0.39 is 5.97 Å². The lowest BCUT2D eigenvalue weighted by Crippen LogP contribution is -2.51. The minimum Gasteiger partial charge on any atom is -0.452 e. The summed E-state index contributed by atoms with van der Waals surface area (Å²) in [6.07, 6.45) is 23.7. The molecule has 0 aliphatic heterocycles. The predicted octanol–water partition coefficient (Wildman–Crippen LogP) is 7.74. The number of esters is 1. The summed E-state index contributed by atoms with van der Waals surface area (Å²) in [6, 6.07) is 0. The molecule has 0 spiro atoms. The van der Waals surface area contributed by atoms with Crippen molar-refractivity contribution in [3.63, 3.8) is 0 Å². The van der Waals surface area contributed by atoms with Gasteiger partial charge < -0.3 is 4.74 Å². The Morgan fingerprint density at radius 3 is 2.70 bits per heavy atom. The molecule has 3 fully saturated rings. The van der Waals surface area contributed by atoms with E-state index in [1.165, 1.54) is 51.4 Å².